The van der Waals surface area contributed by atoms with E-state index in [-0.39, 0.29) is 23.2 Å². The molecule has 0 radical (unpaired) electrons. The number of methoxy groups -OCH3 is 1. The second kappa shape index (κ2) is 6.30. The molecule has 0 spiro atoms. The van der Waals surface area contributed by atoms with Crippen molar-refractivity contribution < 1.29 is 18.7 Å². The molecular formula is C17H28O4Si. The predicted molar refractivity (Wildman–Crippen MR) is 88.9 cm³/mol. The molecule has 5 heteroatoms. The van der Waals surface area contributed by atoms with E-state index in [1.165, 1.54) is 5.57 Å². The minimum absolute atomic E-state index is 0.0833. The fourth-order valence-electron chi connectivity index (χ4n) is 2.80. The van der Waals surface area contributed by atoms with Gasteiger partial charge in [0.25, 0.3) is 0 Å². The summed E-state index contributed by atoms with van der Waals surface area (Å²) in [5, 5.41) is 0.184. The summed E-state index contributed by atoms with van der Waals surface area (Å²) in [6.07, 6.45) is 5.17. The number of rotatable bonds is 5. The van der Waals surface area contributed by atoms with Gasteiger partial charge >= 0.3 is 0 Å². The van der Waals surface area contributed by atoms with Crippen molar-refractivity contribution in [3.05, 3.63) is 23.5 Å². The Bertz CT molecular complexity index is 487. The Kier molecular flexibility index (Phi) is 4.99. The fraction of sp³-hybridized carbons (Fsp3) is 0.706. The van der Waals surface area contributed by atoms with Crippen molar-refractivity contribution in [3.63, 3.8) is 0 Å². The molecule has 1 heterocycles. The topological polar surface area (TPSA) is 44.8 Å². The highest BCUT2D eigenvalue weighted by atomic mass is 28.4. The zero-order valence-corrected chi connectivity index (χ0v) is 15.5. The van der Waals surface area contributed by atoms with E-state index < -0.39 is 8.32 Å². The van der Waals surface area contributed by atoms with Crippen LogP contribution in [0.25, 0.3) is 0 Å². The van der Waals surface area contributed by atoms with Crippen molar-refractivity contribution in [2.45, 2.75) is 51.6 Å². The van der Waals surface area contributed by atoms with Crippen LogP contribution in [0.5, 0.6) is 0 Å². The molecule has 0 bridgehead atoms. The van der Waals surface area contributed by atoms with Crippen LogP contribution in [-0.4, -0.2) is 34.6 Å². The number of hydrogen-bond donors (Lipinski definition) is 0. The lowest BCUT2D eigenvalue weighted by atomic mass is 9.84. The van der Waals surface area contributed by atoms with Crippen LogP contribution in [0, 0.1) is 11.8 Å². The molecule has 0 N–H and O–H groups in total. The highest BCUT2D eigenvalue weighted by Gasteiger charge is 2.43. The standard InChI is InChI=1S/C17H28O4Si/c1-17(2,3)22(5,6)21-11-12-7-8-14-13(9-18)10-20-16(19-4)15(12)14/h7,9-10,14-16H,8,11H2,1-6H3. The Hall–Kier alpha value is -0.913. The Morgan fingerprint density at radius 1 is 1.41 bits per heavy atom. The summed E-state index contributed by atoms with van der Waals surface area (Å²) in [5.74, 6) is 0.245. The molecule has 22 heavy (non-hydrogen) atoms. The van der Waals surface area contributed by atoms with Crippen molar-refractivity contribution in [1.29, 1.82) is 0 Å². The van der Waals surface area contributed by atoms with Gasteiger partial charge in [0.15, 0.2) is 8.32 Å². The average Bonchev–Trinajstić information content (AvgIpc) is 2.87. The van der Waals surface area contributed by atoms with E-state index in [1.54, 1.807) is 13.4 Å². The van der Waals surface area contributed by atoms with Gasteiger partial charge in [0, 0.05) is 18.6 Å². The molecule has 2 rings (SSSR count). The van der Waals surface area contributed by atoms with E-state index >= 15 is 0 Å². The molecular weight excluding hydrogens is 296 g/mol. The van der Waals surface area contributed by atoms with Gasteiger partial charge in [-0.25, -0.2) is 0 Å². The van der Waals surface area contributed by atoms with Crippen LogP contribution in [0.2, 0.25) is 18.1 Å². The molecule has 0 fully saturated rings. The smallest absolute Gasteiger partial charge is 0.205 e. The third-order valence-corrected chi connectivity index (χ3v) is 9.81. The van der Waals surface area contributed by atoms with Crippen LogP contribution < -0.4 is 0 Å². The maximum atomic E-state index is 11.2. The minimum atomic E-state index is -1.79. The lowest BCUT2D eigenvalue weighted by Crippen LogP contribution is -2.42. The maximum Gasteiger partial charge on any atom is 0.205 e. The van der Waals surface area contributed by atoms with Gasteiger partial charge in [-0.15, -0.1) is 0 Å². The lowest BCUT2D eigenvalue weighted by molar-refractivity contribution is -0.132. The van der Waals surface area contributed by atoms with Crippen molar-refractivity contribution in [2.75, 3.05) is 13.7 Å². The van der Waals surface area contributed by atoms with Crippen LogP contribution in [-0.2, 0) is 18.7 Å². The summed E-state index contributed by atoms with van der Waals surface area (Å²) in [6.45, 7) is 11.8. The molecule has 0 amide bonds. The van der Waals surface area contributed by atoms with Gasteiger partial charge in [-0.05, 0) is 30.1 Å². The molecule has 0 aromatic carbocycles. The fourth-order valence-corrected chi connectivity index (χ4v) is 3.76. The number of allylic oxidation sites excluding steroid dienone is 2. The zero-order chi connectivity index (χ0) is 16.5. The van der Waals surface area contributed by atoms with E-state index in [1.807, 2.05) is 0 Å². The van der Waals surface area contributed by atoms with E-state index in [0.29, 0.717) is 6.61 Å². The Balaban J connectivity index is 2.10. The highest BCUT2D eigenvalue weighted by molar-refractivity contribution is 6.74. The molecule has 4 nitrogen and oxygen atoms in total. The quantitative estimate of drug-likeness (QED) is 0.440. The summed E-state index contributed by atoms with van der Waals surface area (Å²) < 4.78 is 17.4. The van der Waals surface area contributed by atoms with Crippen LogP contribution in [0.4, 0.5) is 0 Å². The number of fused-ring (bicyclic) bond motifs is 1. The van der Waals surface area contributed by atoms with Crippen LogP contribution in [0.3, 0.4) is 0 Å². The first-order valence-corrected chi connectivity index (χ1v) is 10.8. The van der Waals surface area contributed by atoms with Gasteiger partial charge in [0.05, 0.1) is 18.8 Å². The van der Waals surface area contributed by atoms with Gasteiger partial charge in [-0.3, -0.25) is 4.79 Å². The Morgan fingerprint density at radius 3 is 2.64 bits per heavy atom. The first-order chi connectivity index (χ1) is 10.2. The molecule has 0 saturated carbocycles. The van der Waals surface area contributed by atoms with Gasteiger partial charge in [0.1, 0.15) is 6.29 Å². The molecule has 3 atom stereocenters. The normalized spacial score (nSPS) is 28.5. The third-order valence-electron chi connectivity index (χ3n) is 5.33. The van der Waals surface area contributed by atoms with Crippen molar-refractivity contribution in [2.24, 2.45) is 11.8 Å². The van der Waals surface area contributed by atoms with Crippen molar-refractivity contribution >= 4 is 14.6 Å². The molecule has 2 aliphatic rings. The zero-order valence-electron chi connectivity index (χ0n) is 14.5. The molecule has 124 valence electrons. The van der Waals surface area contributed by atoms with Gasteiger partial charge in [-0.2, -0.15) is 0 Å². The van der Waals surface area contributed by atoms with E-state index in [2.05, 4.69) is 39.9 Å². The first-order valence-electron chi connectivity index (χ1n) is 7.87. The number of ether oxygens (including phenoxy) is 2. The minimum Gasteiger partial charge on any atom is -0.471 e. The summed E-state index contributed by atoms with van der Waals surface area (Å²) >= 11 is 0. The number of aldehydes is 1. The first kappa shape index (κ1) is 17.4. The monoisotopic (exact) mass is 324 g/mol. The third kappa shape index (κ3) is 3.21. The van der Waals surface area contributed by atoms with Gasteiger partial charge in [-0.1, -0.05) is 26.8 Å². The van der Waals surface area contributed by atoms with Gasteiger partial charge in [0.2, 0.25) is 6.29 Å². The lowest BCUT2D eigenvalue weighted by Gasteiger charge is -2.38. The van der Waals surface area contributed by atoms with Crippen molar-refractivity contribution in [3.8, 4) is 0 Å². The summed E-state index contributed by atoms with van der Waals surface area (Å²) in [4.78, 5) is 11.2. The maximum absolute atomic E-state index is 11.2. The van der Waals surface area contributed by atoms with E-state index in [4.69, 9.17) is 13.9 Å². The Labute approximate surface area is 134 Å². The van der Waals surface area contributed by atoms with Crippen molar-refractivity contribution in [1.82, 2.24) is 0 Å². The van der Waals surface area contributed by atoms with E-state index in [0.717, 1.165) is 18.3 Å². The highest BCUT2D eigenvalue weighted by Crippen LogP contribution is 2.44. The molecule has 0 saturated heterocycles. The molecule has 1 aliphatic carbocycles. The Morgan fingerprint density at radius 2 is 2.09 bits per heavy atom. The van der Waals surface area contributed by atoms with Crippen LogP contribution in [0.15, 0.2) is 23.5 Å². The second-order valence-corrected chi connectivity index (χ2v) is 12.5. The molecule has 0 aromatic rings. The van der Waals surface area contributed by atoms with Gasteiger partial charge < -0.3 is 13.9 Å². The average molecular weight is 324 g/mol. The summed E-state index contributed by atoms with van der Waals surface area (Å²) in [7, 11) is -0.148. The molecule has 3 unspecified atom stereocenters. The summed E-state index contributed by atoms with van der Waals surface area (Å²) in [6, 6.07) is 0. The SMILES string of the molecule is COC1OC=C(C=O)C2CC=C(CO[Si](C)(C)C(C)(C)C)C12. The number of carbonyl (C=O) groups excluding carboxylic acids is 1. The van der Waals surface area contributed by atoms with Crippen LogP contribution in [0.1, 0.15) is 27.2 Å². The number of hydrogen-bond acceptors (Lipinski definition) is 4. The van der Waals surface area contributed by atoms with E-state index in [9.17, 15) is 4.79 Å². The second-order valence-electron chi connectivity index (χ2n) is 7.67. The molecule has 0 aromatic heterocycles. The predicted octanol–water partition coefficient (Wildman–Crippen LogP) is 3.66. The number of carbonyl (C=O) groups is 1. The summed E-state index contributed by atoms with van der Waals surface area (Å²) in [5.41, 5.74) is 1.92. The van der Waals surface area contributed by atoms with Crippen LogP contribution >= 0.6 is 0 Å². The largest absolute Gasteiger partial charge is 0.471 e. The molecule has 1 aliphatic heterocycles.